The number of anilines is 1. The van der Waals surface area contributed by atoms with Crippen molar-refractivity contribution in [1.82, 2.24) is 4.31 Å². The van der Waals surface area contributed by atoms with Gasteiger partial charge in [0.25, 0.3) is 5.69 Å². The number of nitro benzene ring substituents is 1. The van der Waals surface area contributed by atoms with Crippen LogP contribution >= 0.6 is 11.6 Å². The van der Waals surface area contributed by atoms with E-state index in [-0.39, 0.29) is 22.8 Å². The number of hydrogen-bond acceptors (Lipinski definition) is 5. The van der Waals surface area contributed by atoms with Crippen molar-refractivity contribution in [1.29, 1.82) is 0 Å². The van der Waals surface area contributed by atoms with Crippen LogP contribution in [0.5, 0.6) is 0 Å². The van der Waals surface area contributed by atoms with Gasteiger partial charge in [-0.1, -0.05) is 47.5 Å². The van der Waals surface area contributed by atoms with Crippen LogP contribution in [0.4, 0.5) is 11.4 Å². The van der Waals surface area contributed by atoms with Crippen LogP contribution in [0.15, 0.2) is 77.7 Å². The fraction of sp³-hybridized carbons (Fsp3) is 0.136. The van der Waals surface area contributed by atoms with Gasteiger partial charge in [-0.15, -0.1) is 0 Å². The first-order chi connectivity index (χ1) is 15.1. The molecule has 0 radical (unpaired) electrons. The molecule has 0 heterocycles. The lowest BCUT2D eigenvalue weighted by atomic mass is 10.1. The Hall–Kier alpha value is -3.27. The number of nitrogens with zero attached hydrogens (tertiary/aromatic N) is 2. The molecule has 0 saturated heterocycles. The maximum atomic E-state index is 13.3. The zero-order chi connectivity index (χ0) is 23.3. The SMILES string of the molecule is Cc1ccc(CN(CC(=O)Nc2cccc([N+](=O)[O-])c2)S(=O)(=O)c2ccc(Cl)cc2)cc1. The summed E-state index contributed by atoms with van der Waals surface area (Å²) in [5, 5.41) is 13.9. The minimum absolute atomic E-state index is 0.00263. The van der Waals surface area contributed by atoms with Gasteiger partial charge in [0.05, 0.1) is 16.4 Å². The number of carbonyl (C=O) groups excluding carboxylic acids is 1. The summed E-state index contributed by atoms with van der Waals surface area (Å²) in [4.78, 5) is 23.0. The lowest BCUT2D eigenvalue weighted by Crippen LogP contribution is -2.37. The Balaban J connectivity index is 1.87. The smallest absolute Gasteiger partial charge is 0.271 e. The van der Waals surface area contributed by atoms with Crippen molar-refractivity contribution in [2.75, 3.05) is 11.9 Å². The minimum Gasteiger partial charge on any atom is -0.325 e. The molecule has 0 fully saturated rings. The third-order valence-electron chi connectivity index (χ3n) is 4.59. The lowest BCUT2D eigenvalue weighted by Gasteiger charge is -2.22. The van der Waals surface area contributed by atoms with Crippen LogP contribution in [0.3, 0.4) is 0 Å². The Morgan fingerprint density at radius 3 is 2.34 bits per heavy atom. The fourth-order valence-corrected chi connectivity index (χ4v) is 4.45. The number of non-ortho nitro benzene ring substituents is 1. The summed E-state index contributed by atoms with van der Waals surface area (Å²) in [6.07, 6.45) is 0. The average Bonchev–Trinajstić information content (AvgIpc) is 2.75. The monoisotopic (exact) mass is 473 g/mol. The van der Waals surface area contributed by atoms with Crippen LogP contribution in [0.2, 0.25) is 5.02 Å². The maximum Gasteiger partial charge on any atom is 0.271 e. The maximum absolute atomic E-state index is 13.3. The van der Waals surface area contributed by atoms with Gasteiger partial charge < -0.3 is 5.32 Å². The fourth-order valence-electron chi connectivity index (χ4n) is 2.94. The number of carbonyl (C=O) groups is 1. The number of sulfonamides is 1. The van der Waals surface area contributed by atoms with Crippen molar-refractivity contribution in [3.8, 4) is 0 Å². The van der Waals surface area contributed by atoms with Crippen molar-refractivity contribution in [3.05, 3.63) is 99.1 Å². The van der Waals surface area contributed by atoms with Crippen LogP contribution in [0.25, 0.3) is 0 Å². The molecule has 32 heavy (non-hydrogen) atoms. The van der Waals surface area contributed by atoms with Crippen molar-refractivity contribution >= 4 is 38.9 Å². The molecule has 0 aliphatic rings. The van der Waals surface area contributed by atoms with Crippen molar-refractivity contribution < 1.29 is 18.1 Å². The first kappa shape index (κ1) is 23.4. The highest BCUT2D eigenvalue weighted by Gasteiger charge is 2.27. The summed E-state index contributed by atoms with van der Waals surface area (Å²) >= 11 is 5.88. The van der Waals surface area contributed by atoms with Crippen LogP contribution < -0.4 is 5.32 Å². The van der Waals surface area contributed by atoms with Gasteiger partial charge in [-0.25, -0.2) is 8.42 Å². The summed E-state index contributed by atoms with van der Waals surface area (Å²) < 4.78 is 27.6. The number of benzene rings is 3. The number of rotatable bonds is 8. The van der Waals surface area contributed by atoms with Crippen LogP contribution in [0.1, 0.15) is 11.1 Å². The Labute approximate surface area is 190 Å². The third kappa shape index (κ3) is 5.91. The summed E-state index contributed by atoms with van der Waals surface area (Å²) in [6, 6.07) is 18.4. The highest BCUT2D eigenvalue weighted by Crippen LogP contribution is 2.22. The molecule has 0 aliphatic carbocycles. The molecule has 3 aromatic rings. The molecular weight excluding hydrogens is 454 g/mol. The largest absolute Gasteiger partial charge is 0.325 e. The molecule has 1 N–H and O–H groups in total. The summed E-state index contributed by atoms with van der Waals surface area (Å²) in [5.41, 5.74) is 1.73. The molecule has 166 valence electrons. The molecular formula is C22H20ClN3O5S. The zero-order valence-corrected chi connectivity index (χ0v) is 18.6. The zero-order valence-electron chi connectivity index (χ0n) is 17.1. The second-order valence-corrected chi connectivity index (χ2v) is 9.44. The van der Waals surface area contributed by atoms with E-state index < -0.39 is 27.4 Å². The first-order valence-electron chi connectivity index (χ1n) is 9.51. The van der Waals surface area contributed by atoms with Crippen molar-refractivity contribution in [2.24, 2.45) is 0 Å². The van der Waals surface area contributed by atoms with Gasteiger partial charge in [-0.05, 0) is 42.8 Å². The van der Waals surface area contributed by atoms with E-state index >= 15 is 0 Å². The van der Waals surface area contributed by atoms with Gasteiger partial charge >= 0.3 is 0 Å². The number of hydrogen-bond donors (Lipinski definition) is 1. The van der Waals surface area contributed by atoms with Gasteiger partial charge in [0.15, 0.2) is 0 Å². The van der Waals surface area contributed by atoms with E-state index in [4.69, 9.17) is 11.6 Å². The molecule has 0 atom stereocenters. The predicted molar refractivity (Wildman–Crippen MR) is 122 cm³/mol. The summed E-state index contributed by atoms with van der Waals surface area (Å²) in [5.74, 6) is -0.629. The molecule has 0 aromatic heterocycles. The van der Waals surface area contributed by atoms with Gasteiger partial charge in [-0.3, -0.25) is 14.9 Å². The third-order valence-corrected chi connectivity index (χ3v) is 6.65. The van der Waals surface area contributed by atoms with Crippen molar-refractivity contribution in [3.63, 3.8) is 0 Å². The Morgan fingerprint density at radius 2 is 1.72 bits per heavy atom. The average molecular weight is 474 g/mol. The number of nitrogens with one attached hydrogen (secondary N) is 1. The normalized spacial score (nSPS) is 11.3. The van der Waals surface area contributed by atoms with E-state index in [1.54, 1.807) is 12.1 Å². The number of aryl methyl sites for hydroxylation is 1. The van der Waals surface area contributed by atoms with E-state index in [0.717, 1.165) is 9.87 Å². The second-order valence-electron chi connectivity index (χ2n) is 7.07. The number of nitro groups is 1. The molecule has 0 saturated carbocycles. The molecule has 0 bridgehead atoms. The highest BCUT2D eigenvalue weighted by atomic mass is 35.5. The molecule has 1 amide bonds. The summed E-state index contributed by atoms with van der Waals surface area (Å²) in [7, 11) is -4.03. The van der Waals surface area contributed by atoms with Gasteiger partial charge in [0, 0.05) is 29.4 Å². The standard InChI is InChI=1S/C22H20ClN3O5S/c1-16-5-7-17(8-6-16)14-25(32(30,31)21-11-9-18(23)10-12-21)15-22(27)24-19-3-2-4-20(13-19)26(28)29/h2-13H,14-15H2,1H3,(H,24,27). The molecule has 3 aromatic carbocycles. The first-order valence-corrected chi connectivity index (χ1v) is 11.3. The van der Waals surface area contributed by atoms with E-state index in [9.17, 15) is 23.3 Å². The quantitative estimate of drug-likeness (QED) is 0.385. The Morgan fingerprint density at radius 1 is 1.06 bits per heavy atom. The Bertz CT molecular complexity index is 1230. The highest BCUT2D eigenvalue weighted by molar-refractivity contribution is 7.89. The number of halogens is 1. The molecule has 0 unspecified atom stereocenters. The van der Waals surface area contributed by atoms with E-state index in [1.807, 2.05) is 19.1 Å². The van der Waals surface area contributed by atoms with E-state index in [1.165, 1.54) is 48.5 Å². The van der Waals surface area contributed by atoms with Crippen molar-refractivity contribution in [2.45, 2.75) is 18.4 Å². The molecule has 3 rings (SSSR count). The van der Waals surface area contributed by atoms with E-state index in [2.05, 4.69) is 5.32 Å². The van der Waals surface area contributed by atoms with Gasteiger partial charge in [0.1, 0.15) is 0 Å². The van der Waals surface area contributed by atoms with Gasteiger partial charge in [-0.2, -0.15) is 4.31 Å². The Kier molecular flexibility index (Phi) is 7.24. The van der Waals surface area contributed by atoms with E-state index in [0.29, 0.717) is 10.6 Å². The van der Waals surface area contributed by atoms with Crippen LogP contribution in [-0.4, -0.2) is 30.1 Å². The van der Waals surface area contributed by atoms with Gasteiger partial charge in [0.2, 0.25) is 15.9 Å². The van der Waals surface area contributed by atoms with Crippen LogP contribution in [-0.2, 0) is 21.4 Å². The second kappa shape index (κ2) is 9.90. The molecule has 0 aliphatic heterocycles. The minimum atomic E-state index is -4.03. The summed E-state index contributed by atoms with van der Waals surface area (Å²) in [6.45, 7) is 1.40. The lowest BCUT2D eigenvalue weighted by molar-refractivity contribution is -0.384. The molecule has 8 nitrogen and oxygen atoms in total. The number of amides is 1. The topological polar surface area (TPSA) is 110 Å². The predicted octanol–water partition coefficient (Wildman–Crippen LogP) is 4.39. The van der Waals surface area contributed by atoms with Crippen LogP contribution in [0, 0.1) is 17.0 Å². The molecule has 10 heteroatoms. The molecule has 0 spiro atoms.